The van der Waals surface area contributed by atoms with E-state index in [-0.39, 0.29) is 11.9 Å². The van der Waals surface area contributed by atoms with Gasteiger partial charge in [0.25, 0.3) is 5.91 Å². The molecule has 6 heteroatoms. The number of carbonyl (C=O) groups is 2. The lowest BCUT2D eigenvalue weighted by molar-refractivity contribution is -0.121. The lowest BCUT2D eigenvalue weighted by atomic mass is 10.2. The summed E-state index contributed by atoms with van der Waals surface area (Å²) in [6.45, 7) is 6.08. The van der Waals surface area contributed by atoms with Gasteiger partial charge in [0.1, 0.15) is 11.6 Å². The summed E-state index contributed by atoms with van der Waals surface area (Å²) in [5.41, 5.74) is 0.335. The van der Waals surface area contributed by atoms with Crippen molar-refractivity contribution in [2.24, 2.45) is 0 Å². The van der Waals surface area contributed by atoms with E-state index >= 15 is 0 Å². The second-order valence-corrected chi connectivity index (χ2v) is 6.88. The molecule has 1 N–H and O–H groups in total. The van der Waals surface area contributed by atoms with Crippen LogP contribution in [0.3, 0.4) is 0 Å². The van der Waals surface area contributed by atoms with E-state index in [1.807, 2.05) is 29.2 Å². The summed E-state index contributed by atoms with van der Waals surface area (Å²) in [6.07, 6.45) is 0.932. The van der Waals surface area contributed by atoms with E-state index in [9.17, 15) is 9.59 Å². The highest BCUT2D eigenvalue weighted by Gasteiger charge is 2.32. The Morgan fingerprint density at radius 2 is 1.91 bits per heavy atom. The number of carbonyl (C=O) groups excluding carboxylic acids is 2. The highest BCUT2D eigenvalue weighted by molar-refractivity contribution is 7.80. The van der Waals surface area contributed by atoms with Crippen molar-refractivity contribution in [1.29, 1.82) is 0 Å². The lowest BCUT2D eigenvalue weighted by Crippen LogP contribution is -2.47. The molecule has 0 saturated carbocycles. The molecule has 2 amide bonds. The number of benzene rings is 1. The fourth-order valence-corrected chi connectivity index (χ4v) is 2.63. The molecule has 1 aliphatic heterocycles. The number of hydrogen-bond acceptors (Lipinski definition) is 5. The highest BCUT2D eigenvalue weighted by Crippen LogP contribution is 2.26. The Kier molecular flexibility index (Phi) is 5.01. The Balaban J connectivity index is 2.02. The van der Waals surface area contributed by atoms with E-state index in [2.05, 4.69) is 17.9 Å². The first-order valence-corrected chi connectivity index (χ1v) is 7.80. The van der Waals surface area contributed by atoms with Gasteiger partial charge in [-0.05, 0) is 57.9 Å². The number of nitrogens with one attached hydrogen (secondary N) is 1. The van der Waals surface area contributed by atoms with Crippen LogP contribution in [0.5, 0.6) is 0 Å². The molecular weight excluding hydrogens is 300 g/mol. The van der Waals surface area contributed by atoms with Crippen molar-refractivity contribution in [3.05, 3.63) is 24.3 Å². The fourth-order valence-electron chi connectivity index (χ4n) is 2.48. The van der Waals surface area contributed by atoms with E-state index in [1.165, 1.54) is 0 Å². The van der Waals surface area contributed by atoms with Crippen molar-refractivity contribution < 1.29 is 14.3 Å². The average molecular weight is 322 g/mol. The molecule has 1 fully saturated rings. The summed E-state index contributed by atoms with van der Waals surface area (Å²) in [6, 6.07) is 7.29. The van der Waals surface area contributed by atoms with Crippen molar-refractivity contribution in [3.63, 3.8) is 0 Å². The summed E-state index contributed by atoms with van der Waals surface area (Å²) in [5, 5.41) is 2.33. The number of hydrogen-bond donors (Lipinski definition) is 2. The van der Waals surface area contributed by atoms with Crippen LogP contribution in [0.15, 0.2) is 29.2 Å². The van der Waals surface area contributed by atoms with Gasteiger partial charge < -0.3 is 9.64 Å². The van der Waals surface area contributed by atoms with Crippen LogP contribution in [0.1, 0.15) is 33.6 Å². The summed E-state index contributed by atoms with van der Waals surface area (Å²) in [5.74, 6) is -0.318. The van der Waals surface area contributed by atoms with E-state index < -0.39 is 11.7 Å². The molecule has 120 valence electrons. The summed E-state index contributed by atoms with van der Waals surface area (Å²) >= 11 is 4.26. The van der Waals surface area contributed by atoms with Crippen molar-refractivity contribution in [2.75, 3.05) is 11.4 Å². The van der Waals surface area contributed by atoms with Gasteiger partial charge in [-0.2, -0.15) is 0 Å². The average Bonchev–Trinajstić information content (AvgIpc) is 2.86. The quantitative estimate of drug-likeness (QED) is 0.822. The van der Waals surface area contributed by atoms with Gasteiger partial charge in [0.05, 0.1) is 0 Å². The van der Waals surface area contributed by atoms with Gasteiger partial charge >= 0.3 is 6.09 Å². The summed E-state index contributed by atoms with van der Waals surface area (Å²) < 4.78 is 5.13. The molecule has 5 nitrogen and oxygen atoms in total. The molecule has 1 aromatic rings. The number of nitrogens with zero attached hydrogens (tertiary/aromatic N) is 1. The number of amides is 2. The highest BCUT2D eigenvalue weighted by atomic mass is 32.1. The Morgan fingerprint density at radius 1 is 1.27 bits per heavy atom. The van der Waals surface area contributed by atoms with Gasteiger partial charge in [-0.3, -0.25) is 10.1 Å². The molecule has 0 spiro atoms. The van der Waals surface area contributed by atoms with Gasteiger partial charge in [-0.15, -0.1) is 12.6 Å². The topological polar surface area (TPSA) is 58.6 Å². The van der Waals surface area contributed by atoms with E-state index in [0.29, 0.717) is 0 Å². The minimum Gasteiger partial charge on any atom is -0.444 e. The van der Waals surface area contributed by atoms with Gasteiger partial charge in [0, 0.05) is 17.1 Å². The fraction of sp³-hybridized carbons (Fsp3) is 0.500. The number of thiol groups is 1. The third-order valence-electron chi connectivity index (χ3n) is 3.36. The first kappa shape index (κ1) is 16.7. The summed E-state index contributed by atoms with van der Waals surface area (Å²) in [4.78, 5) is 26.9. The molecule has 1 atom stereocenters. The molecule has 1 aromatic carbocycles. The Morgan fingerprint density at radius 3 is 2.50 bits per heavy atom. The second kappa shape index (κ2) is 6.60. The minimum absolute atomic E-state index is 0.318. The van der Waals surface area contributed by atoms with Crippen LogP contribution in [0.4, 0.5) is 10.5 Å². The predicted molar refractivity (Wildman–Crippen MR) is 88.4 cm³/mol. The minimum atomic E-state index is -0.699. The maximum Gasteiger partial charge on any atom is 0.414 e. The zero-order chi connectivity index (χ0) is 16.3. The summed E-state index contributed by atoms with van der Waals surface area (Å²) in [7, 11) is 0. The molecule has 0 radical (unpaired) electrons. The smallest absolute Gasteiger partial charge is 0.414 e. The van der Waals surface area contributed by atoms with E-state index in [4.69, 9.17) is 4.74 Å². The van der Waals surface area contributed by atoms with Crippen molar-refractivity contribution in [2.45, 2.75) is 50.2 Å². The molecule has 22 heavy (non-hydrogen) atoms. The zero-order valence-electron chi connectivity index (χ0n) is 13.1. The van der Waals surface area contributed by atoms with Crippen LogP contribution in [0.25, 0.3) is 0 Å². The third kappa shape index (κ3) is 4.40. The van der Waals surface area contributed by atoms with Crippen LogP contribution in [0.2, 0.25) is 0 Å². The van der Waals surface area contributed by atoms with Crippen molar-refractivity contribution in [3.8, 4) is 0 Å². The monoisotopic (exact) mass is 322 g/mol. The van der Waals surface area contributed by atoms with Gasteiger partial charge in [0.2, 0.25) is 0 Å². The molecule has 0 unspecified atom stereocenters. The molecule has 2 rings (SSSR count). The maximum atomic E-state index is 12.3. The second-order valence-electron chi connectivity index (χ2n) is 6.36. The normalized spacial score (nSPS) is 18.2. The number of imide groups is 1. The van der Waals surface area contributed by atoms with Gasteiger partial charge in [0.15, 0.2) is 0 Å². The number of rotatable bonds is 2. The Labute approximate surface area is 136 Å². The Bertz CT molecular complexity index is 552. The molecule has 1 heterocycles. The molecular formula is C16H22N2O3S. The van der Waals surface area contributed by atoms with Crippen molar-refractivity contribution >= 4 is 30.3 Å². The van der Waals surface area contributed by atoms with Crippen molar-refractivity contribution in [1.82, 2.24) is 5.32 Å². The number of ether oxygens (including phenoxy) is 1. The predicted octanol–water partition coefficient (Wildman–Crippen LogP) is 3.00. The first-order valence-electron chi connectivity index (χ1n) is 7.36. The lowest BCUT2D eigenvalue weighted by Gasteiger charge is -2.26. The van der Waals surface area contributed by atoms with E-state index in [1.54, 1.807) is 20.8 Å². The van der Waals surface area contributed by atoms with E-state index in [0.717, 1.165) is 30.0 Å². The number of anilines is 1. The number of alkyl carbamates (subject to hydrolysis) is 1. The van der Waals surface area contributed by atoms with Gasteiger partial charge in [-0.25, -0.2) is 4.79 Å². The first-order chi connectivity index (χ1) is 10.3. The third-order valence-corrected chi connectivity index (χ3v) is 3.66. The van der Waals surface area contributed by atoms with Crippen LogP contribution in [-0.4, -0.2) is 30.2 Å². The molecule has 0 aliphatic carbocycles. The van der Waals surface area contributed by atoms with Crippen LogP contribution >= 0.6 is 12.6 Å². The zero-order valence-corrected chi connectivity index (χ0v) is 14.0. The van der Waals surface area contributed by atoms with Crippen LogP contribution in [-0.2, 0) is 9.53 Å². The Hall–Kier alpha value is -1.69. The standard InChI is InChI=1S/C16H22N2O3S/c1-16(2,3)21-15(20)17-14(19)13-5-4-10-18(13)11-6-8-12(22)9-7-11/h6-9,13,22H,4-5,10H2,1-3H3,(H,17,19,20)/t13-/m1/s1. The molecule has 0 aromatic heterocycles. The maximum absolute atomic E-state index is 12.3. The molecule has 1 saturated heterocycles. The SMILES string of the molecule is CC(C)(C)OC(=O)NC(=O)[C@H]1CCCN1c1ccc(S)cc1. The van der Waals surface area contributed by atoms with Crippen LogP contribution in [0, 0.1) is 0 Å². The molecule has 1 aliphatic rings. The largest absolute Gasteiger partial charge is 0.444 e. The molecule has 0 bridgehead atoms. The van der Waals surface area contributed by atoms with Gasteiger partial charge in [-0.1, -0.05) is 0 Å². The van der Waals surface area contributed by atoms with Crippen LogP contribution < -0.4 is 10.2 Å².